The molecule has 0 fully saturated rings. The van der Waals surface area contributed by atoms with Crippen LogP contribution >= 0.6 is 0 Å². The number of nitrogens with two attached hydrogens (primary N) is 1. The molecule has 1 atom stereocenters. The fraction of sp³-hybridized carbons (Fsp3) is 0.0870. The van der Waals surface area contributed by atoms with Gasteiger partial charge in [0.2, 0.25) is 5.91 Å². The molecular weight excluding hydrogens is 350 g/mol. The maximum absolute atomic E-state index is 12.8. The van der Waals surface area contributed by atoms with Gasteiger partial charge in [0.05, 0.1) is 0 Å². The topological polar surface area (TPSA) is 76.3 Å². The van der Waals surface area contributed by atoms with Crippen molar-refractivity contribution in [2.45, 2.75) is 12.5 Å². The van der Waals surface area contributed by atoms with Crippen LogP contribution in [-0.4, -0.2) is 22.7 Å². The first-order chi connectivity index (χ1) is 13.6. The Kier molecular flexibility index (Phi) is 4.72. The fourth-order valence-electron chi connectivity index (χ4n) is 3.48. The highest BCUT2D eigenvalue weighted by Crippen LogP contribution is 2.35. The van der Waals surface area contributed by atoms with Gasteiger partial charge >= 0.3 is 0 Å². The number of nitrogens with zero attached hydrogens (tertiary/aromatic N) is 2. The van der Waals surface area contributed by atoms with Gasteiger partial charge in [-0.05, 0) is 30.7 Å². The Morgan fingerprint density at radius 2 is 1.75 bits per heavy atom. The van der Waals surface area contributed by atoms with E-state index in [1.807, 2.05) is 53.4 Å². The van der Waals surface area contributed by atoms with Crippen LogP contribution in [0.5, 0.6) is 0 Å². The van der Waals surface area contributed by atoms with E-state index in [1.165, 1.54) is 0 Å². The molecule has 1 unspecified atom stereocenters. The number of aromatic nitrogens is 1. The van der Waals surface area contributed by atoms with Gasteiger partial charge in [-0.25, -0.2) is 0 Å². The molecular formula is C23H19N3O2. The minimum absolute atomic E-state index is 0.0656. The number of pyridine rings is 1. The quantitative estimate of drug-likeness (QED) is 0.699. The summed E-state index contributed by atoms with van der Waals surface area (Å²) in [5.41, 5.74) is 9.34. The molecule has 1 aromatic heterocycles. The zero-order valence-corrected chi connectivity index (χ0v) is 15.2. The summed E-state index contributed by atoms with van der Waals surface area (Å²) in [6.07, 6.45) is 5.95. The Balaban J connectivity index is 1.74. The molecule has 28 heavy (non-hydrogen) atoms. The third-order valence-corrected chi connectivity index (χ3v) is 4.81. The van der Waals surface area contributed by atoms with Crippen LogP contribution in [0.1, 0.15) is 27.9 Å². The molecule has 5 heteroatoms. The smallest absolute Gasteiger partial charge is 0.240 e. The second kappa shape index (κ2) is 7.48. The zero-order chi connectivity index (χ0) is 19.5. The summed E-state index contributed by atoms with van der Waals surface area (Å²) in [7, 11) is 0. The molecule has 1 aliphatic heterocycles. The number of amides is 1. The van der Waals surface area contributed by atoms with Crippen molar-refractivity contribution in [1.82, 2.24) is 4.98 Å². The van der Waals surface area contributed by atoms with Crippen molar-refractivity contribution in [3.05, 3.63) is 102 Å². The number of rotatable bonds is 5. The van der Waals surface area contributed by atoms with Crippen molar-refractivity contribution in [1.29, 1.82) is 0 Å². The largest absolute Gasteiger partial charge is 0.368 e. The van der Waals surface area contributed by atoms with E-state index in [0.29, 0.717) is 17.5 Å². The minimum atomic E-state index is -0.503. The first-order valence-corrected chi connectivity index (χ1v) is 9.04. The van der Waals surface area contributed by atoms with Crippen LogP contribution in [0.15, 0.2) is 85.2 Å². The van der Waals surface area contributed by atoms with E-state index >= 15 is 0 Å². The summed E-state index contributed by atoms with van der Waals surface area (Å²) in [5.74, 6) is -0.473. The molecule has 0 spiro atoms. The molecule has 5 nitrogen and oxygen atoms in total. The summed E-state index contributed by atoms with van der Waals surface area (Å²) in [6.45, 7) is 0. The first-order valence-electron chi connectivity index (χ1n) is 9.04. The van der Waals surface area contributed by atoms with E-state index in [0.717, 1.165) is 16.9 Å². The van der Waals surface area contributed by atoms with Crippen molar-refractivity contribution < 1.29 is 9.59 Å². The van der Waals surface area contributed by atoms with Crippen LogP contribution in [0.4, 0.5) is 5.69 Å². The molecule has 2 N–H and O–H groups in total. The summed E-state index contributed by atoms with van der Waals surface area (Å²) >= 11 is 0. The van der Waals surface area contributed by atoms with Gasteiger partial charge in [-0.3, -0.25) is 14.6 Å². The monoisotopic (exact) mass is 369 g/mol. The van der Waals surface area contributed by atoms with Crippen LogP contribution in [0, 0.1) is 0 Å². The van der Waals surface area contributed by atoms with Crippen molar-refractivity contribution in [3.8, 4) is 0 Å². The Labute approximate surface area is 163 Å². The average Bonchev–Trinajstić information content (AvgIpc) is 3.20. The van der Waals surface area contributed by atoms with Crippen LogP contribution < -0.4 is 10.6 Å². The van der Waals surface area contributed by atoms with Crippen molar-refractivity contribution in [3.63, 3.8) is 0 Å². The van der Waals surface area contributed by atoms with Gasteiger partial charge in [0.15, 0.2) is 5.78 Å². The van der Waals surface area contributed by atoms with E-state index in [2.05, 4.69) is 4.98 Å². The van der Waals surface area contributed by atoms with E-state index in [9.17, 15) is 9.59 Å². The highest BCUT2D eigenvalue weighted by atomic mass is 16.1. The van der Waals surface area contributed by atoms with Gasteiger partial charge in [-0.1, -0.05) is 48.5 Å². The fourth-order valence-corrected chi connectivity index (χ4v) is 3.48. The molecule has 1 aliphatic rings. The molecule has 1 amide bonds. The third kappa shape index (κ3) is 3.30. The standard InChI is InChI=1S/C23H19N3O2/c24-23(28)21-12-11-20(18-9-5-13-25-15-18)26(21)19-10-4-8-17(14-19)22(27)16-6-2-1-3-7-16/h1-11,13-15,21H,12H2,(H2,24,28). The SMILES string of the molecule is NC(=O)C1CC=C(c2cccnc2)N1c1cccc(C(=O)c2ccccc2)c1. The summed E-state index contributed by atoms with van der Waals surface area (Å²) in [6, 6.07) is 19.7. The van der Waals surface area contributed by atoms with Gasteiger partial charge in [-0.2, -0.15) is 0 Å². The Morgan fingerprint density at radius 1 is 0.964 bits per heavy atom. The Hall–Kier alpha value is -3.73. The molecule has 0 radical (unpaired) electrons. The number of anilines is 1. The van der Waals surface area contributed by atoms with Crippen LogP contribution in [0.3, 0.4) is 0 Å². The van der Waals surface area contributed by atoms with Crippen molar-refractivity contribution in [2.24, 2.45) is 5.73 Å². The molecule has 2 aromatic carbocycles. The normalized spacial score (nSPS) is 15.9. The van der Waals surface area contributed by atoms with Gasteiger partial charge in [0, 0.05) is 40.5 Å². The van der Waals surface area contributed by atoms with Crippen LogP contribution in [0.2, 0.25) is 0 Å². The average molecular weight is 369 g/mol. The maximum Gasteiger partial charge on any atom is 0.240 e. The Bertz CT molecular complexity index is 1050. The van der Waals surface area contributed by atoms with Gasteiger partial charge in [0.25, 0.3) is 0 Å². The molecule has 3 aromatic rings. The lowest BCUT2D eigenvalue weighted by Crippen LogP contribution is -2.40. The predicted molar refractivity (Wildman–Crippen MR) is 109 cm³/mol. The number of primary amides is 1. The molecule has 0 aliphatic carbocycles. The number of hydrogen-bond donors (Lipinski definition) is 1. The van der Waals surface area contributed by atoms with Crippen LogP contribution in [0.25, 0.3) is 5.70 Å². The first kappa shape index (κ1) is 17.7. The molecule has 0 saturated carbocycles. The lowest BCUT2D eigenvalue weighted by molar-refractivity contribution is -0.118. The highest BCUT2D eigenvalue weighted by Gasteiger charge is 2.32. The van der Waals surface area contributed by atoms with Gasteiger partial charge in [-0.15, -0.1) is 0 Å². The molecule has 2 heterocycles. The van der Waals surface area contributed by atoms with Gasteiger partial charge in [0.1, 0.15) is 6.04 Å². The predicted octanol–water partition coefficient (Wildman–Crippen LogP) is 3.42. The number of benzene rings is 2. The molecule has 138 valence electrons. The molecule has 4 rings (SSSR count). The highest BCUT2D eigenvalue weighted by molar-refractivity contribution is 6.09. The number of carbonyl (C=O) groups is 2. The molecule has 0 bridgehead atoms. The lowest BCUT2D eigenvalue weighted by atomic mass is 10.0. The van der Waals surface area contributed by atoms with E-state index in [-0.39, 0.29) is 5.78 Å². The second-order valence-electron chi connectivity index (χ2n) is 6.60. The third-order valence-electron chi connectivity index (χ3n) is 4.81. The van der Waals surface area contributed by atoms with E-state index in [1.54, 1.807) is 36.7 Å². The van der Waals surface area contributed by atoms with E-state index in [4.69, 9.17) is 5.73 Å². The lowest BCUT2D eigenvalue weighted by Gasteiger charge is -2.28. The summed E-state index contributed by atoms with van der Waals surface area (Å²) in [5, 5.41) is 0. The maximum atomic E-state index is 12.8. The summed E-state index contributed by atoms with van der Waals surface area (Å²) in [4.78, 5) is 31.0. The zero-order valence-electron chi connectivity index (χ0n) is 15.2. The number of hydrogen-bond acceptors (Lipinski definition) is 4. The molecule has 0 saturated heterocycles. The number of ketones is 1. The van der Waals surface area contributed by atoms with Crippen molar-refractivity contribution in [2.75, 3.05) is 4.90 Å². The number of carbonyl (C=O) groups excluding carboxylic acids is 2. The van der Waals surface area contributed by atoms with Crippen molar-refractivity contribution >= 4 is 23.1 Å². The Morgan fingerprint density at radius 3 is 2.46 bits per heavy atom. The minimum Gasteiger partial charge on any atom is -0.368 e. The van der Waals surface area contributed by atoms with E-state index < -0.39 is 11.9 Å². The van der Waals surface area contributed by atoms with Crippen LogP contribution in [-0.2, 0) is 4.79 Å². The van der Waals surface area contributed by atoms with Gasteiger partial charge < -0.3 is 10.6 Å². The summed E-state index contributed by atoms with van der Waals surface area (Å²) < 4.78 is 0. The second-order valence-corrected chi connectivity index (χ2v) is 6.60.